The molecule has 7 heteroatoms. The zero-order valence-electron chi connectivity index (χ0n) is 14.2. The average Bonchev–Trinajstić information content (AvgIpc) is 3.11. The molecule has 1 saturated heterocycles. The van der Waals surface area contributed by atoms with Crippen LogP contribution in [0.2, 0.25) is 0 Å². The van der Waals surface area contributed by atoms with Crippen molar-refractivity contribution in [3.05, 3.63) is 24.3 Å². The van der Waals surface area contributed by atoms with Crippen molar-refractivity contribution in [3.63, 3.8) is 0 Å². The molecule has 0 unspecified atom stereocenters. The molecule has 1 amide bonds. The largest absolute Gasteiger partial charge is 0.444 e. The zero-order valence-corrected chi connectivity index (χ0v) is 15.0. The summed E-state index contributed by atoms with van der Waals surface area (Å²) >= 11 is 0. The van der Waals surface area contributed by atoms with Crippen LogP contribution >= 0.6 is 0 Å². The van der Waals surface area contributed by atoms with Crippen molar-refractivity contribution in [2.24, 2.45) is 5.92 Å². The summed E-state index contributed by atoms with van der Waals surface area (Å²) in [5.74, 6) is 0.597. The van der Waals surface area contributed by atoms with Crippen LogP contribution in [0, 0.1) is 5.92 Å². The van der Waals surface area contributed by atoms with Gasteiger partial charge in [0.05, 0.1) is 0 Å². The Hall–Kier alpha value is -1.89. The smallest absolute Gasteiger partial charge is 0.410 e. The highest BCUT2D eigenvalue weighted by atomic mass is 32.2. The number of para-hydroxylation sites is 2. The van der Waals surface area contributed by atoms with E-state index in [0.717, 1.165) is 6.42 Å². The third-order valence-corrected chi connectivity index (χ3v) is 5.13. The maximum absolute atomic E-state index is 12.5. The number of likely N-dealkylation sites (tertiary alicyclic amines) is 1. The molecule has 1 aliphatic rings. The summed E-state index contributed by atoms with van der Waals surface area (Å²) in [5.41, 5.74) is 0.848. The second-order valence-electron chi connectivity index (χ2n) is 7.04. The van der Waals surface area contributed by atoms with E-state index in [1.165, 1.54) is 0 Å². The van der Waals surface area contributed by atoms with Gasteiger partial charge in [-0.2, -0.15) is 0 Å². The van der Waals surface area contributed by atoms with Crippen molar-refractivity contribution in [2.45, 2.75) is 38.0 Å². The number of oxazole rings is 1. The quantitative estimate of drug-likeness (QED) is 0.850. The molecule has 0 radical (unpaired) electrons. The van der Waals surface area contributed by atoms with Gasteiger partial charge >= 0.3 is 6.09 Å². The van der Waals surface area contributed by atoms with E-state index >= 15 is 0 Å². The number of amides is 1. The van der Waals surface area contributed by atoms with Gasteiger partial charge in [-0.3, -0.25) is 0 Å². The van der Waals surface area contributed by atoms with Crippen LogP contribution in [-0.4, -0.2) is 44.6 Å². The van der Waals surface area contributed by atoms with Crippen LogP contribution in [0.3, 0.4) is 0 Å². The van der Waals surface area contributed by atoms with Crippen molar-refractivity contribution in [2.75, 3.05) is 18.8 Å². The molecule has 24 heavy (non-hydrogen) atoms. The Bertz CT molecular complexity index is 732. The number of hydrogen-bond donors (Lipinski definition) is 0. The van der Waals surface area contributed by atoms with E-state index < -0.39 is 16.4 Å². The fourth-order valence-electron chi connectivity index (χ4n) is 2.69. The Morgan fingerprint density at radius 2 is 2.17 bits per heavy atom. The average molecular weight is 350 g/mol. The monoisotopic (exact) mass is 350 g/mol. The van der Waals surface area contributed by atoms with E-state index in [1.807, 2.05) is 45.0 Å². The minimum atomic E-state index is -1.31. The third kappa shape index (κ3) is 3.95. The van der Waals surface area contributed by atoms with Crippen LogP contribution < -0.4 is 0 Å². The second kappa shape index (κ2) is 6.55. The third-order valence-electron chi connectivity index (χ3n) is 3.79. The molecule has 130 valence electrons. The first-order chi connectivity index (χ1) is 11.3. The summed E-state index contributed by atoms with van der Waals surface area (Å²) in [6.07, 6.45) is 0.503. The van der Waals surface area contributed by atoms with Crippen LogP contribution in [0.15, 0.2) is 33.9 Å². The molecule has 0 bridgehead atoms. The molecule has 1 aromatic heterocycles. The predicted molar refractivity (Wildman–Crippen MR) is 91.2 cm³/mol. The van der Waals surface area contributed by atoms with Crippen LogP contribution in [0.5, 0.6) is 0 Å². The molecule has 2 atom stereocenters. The summed E-state index contributed by atoms with van der Waals surface area (Å²) in [5, 5.41) is 0.256. The number of carbonyl (C=O) groups is 1. The molecule has 6 nitrogen and oxygen atoms in total. The zero-order chi connectivity index (χ0) is 17.3. The molecule has 1 aromatic carbocycles. The number of ether oxygens (including phenoxy) is 1. The van der Waals surface area contributed by atoms with Crippen molar-refractivity contribution in [1.82, 2.24) is 9.88 Å². The van der Waals surface area contributed by atoms with Gasteiger partial charge in [-0.05, 0) is 45.2 Å². The lowest BCUT2D eigenvalue weighted by Crippen LogP contribution is -2.35. The minimum absolute atomic E-state index is 0.161. The van der Waals surface area contributed by atoms with E-state index in [0.29, 0.717) is 29.9 Å². The molecule has 3 rings (SSSR count). The molecule has 1 aliphatic heterocycles. The SMILES string of the molecule is CC(C)(C)OC(=O)N1CC[C@@H](C[S@@](=O)c2nc3ccccc3o2)C1. The lowest BCUT2D eigenvalue weighted by Gasteiger charge is -2.24. The van der Waals surface area contributed by atoms with Gasteiger partial charge in [-0.15, -0.1) is 0 Å². The highest BCUT2D eigenvalue weighted by Crippen LogP contribution is 2.23. The van der Waals surface area contributed by atoms with E-state index in [4.69, 9.17) is 9.15 Å². The van der Waals surface area contributed by atoms with Crippen molar-refractivity contribution >= 4 is 28.0 Å². The standard InChI is InChI=1S/C17H22N2O4S/c1-17(2,3)23-16(20)19-9-8-12(10-19)11-24(21)15-18-13-6-4-5-7-14(13)22-15/h4-7,12H,8-11H2,1-3H3/t12-,24-/m1/s1. The van der Waals surface area contributed by atoms with Gasteiger partial charge in [-0.1, -0.05) is 12.1 Å². The topological polar surface area (TPSA) is 72.6 Å². The van der Waals surface area contributed by atoms with Gasteiger partial charge in [0.25, 0.3) is 5.22 Å². The molecule has 1 fully saturated rings. The summed E-state index contributed by atoms with van der Waals surface area (Å²) in [7, 11) is -1.31. The normalized spacial score (nSPS) is 19.6. The van der Waals surface area contributed by atoms with Crippen molar-refractivity contribution in [3.8, 4) is 0 Å². The molecule has 2 aromatic rings. The van der Waals surface area contributed by atoms with Crippen LogP contribution in [0.1, 0.15) is 27.2 Å². The van der Waals surface area contributed by atoms with E-state index in [9.17, 15) is 9.00 Å². The highest BCUT2D eigenvalue weighted by molar-refractivity contribution is 7.84. The van der Waals surface area contributed by atoms with E-state index in [2.05, 4.69) is 4.98 Å². The van der Waals surface area contributed by atoms with Gasteiger partial charge in [0.15, 0.2) is 5.58 Å². The first-order valence-corrected chi connectivity index (χ1v) is 9.35. The second-order valence-corrected chi connectivity index (χ2v) is 8.41. The number of benzene rings is 1. The minimum Gasteiger partial charge on any atom is -0.444 e. The lowest BCUT2D eigenvalue weighted by atomic mass is 10.2. The molecule has 0 spiro atoms. The van der Waals surface area contributed by atoms with Crippen LogP contribution in [-0.2, 0) is 15.5 Å². The van der Waals surface area contributed by atoms with Gasteiger partial charge in [0.2, 0.25) is 0 Å². The Kier molecular flexibility index (Phi) is 4.62. The molecule has 2 heterocycles. The predicted octanol–water partition coefficient (Wildman–Crippen LogP) is 3.19. The number of aromatic nitrogens is 1. The fourth-order valence-corrected chi connectivity index (χ4v) is 3.92. The van der Waals surface area contributed by atoms with Crippen LogP contribution in [0.4, 0.5) is 4.79 Å². The van der Waals surface area contributed by atoms with Gasteiger partial charge in [-0.25, -0.2) is 14.0 Å². The maximum atomic E-state index is 12.5. The number of nitrogens with zero attached hydrogens (tertiary/aromatic N) is 2. The van der Waals surface area contributed by atoms with E-state index in [-0.39, 0.29) is 17.2 Å². The van der Waals surface area contributed by atoms with Crippen molar-refractivity contribution < 1.29 is 18.2 Å². The number of fused-ring (bicyclic) bond motifs is 1. The van der Waals surface area contributed by atoms with E-state index in [1.54, 1.807) is 4.90 Å². The van der Waals surface area contributed by atoms with Gasteiger partial charge in [0, 0.05) is 18.8 Å². The van der Waals surface area contributed by atoms with Crippen molar-refractivity contribution in [1.29, 1.82) is 0 Å². The highest BCUT2D eigenvalue weighted by Gasteiger charge is 2.31. The lowest BCUT2D eigenvalue weighted by molar-refractivity contribution is 0.0289. The maximum Gasteiger partial charge on any atom is 0.410 e. The molecule has 0 saturated carbocycles. The summed E-state index contributed by atoms with van der Waals surface area (Å²) in [6.45, 7) is 6.73. The molecular formula is C17H22N2O4S. The fraction of sp³-hybridized carbons (Fsp3) is 0.529. The van der Waals surface area contributed by atoms with Gasteiger partial charge < -0.3 is 14.1 Å². The molecule has 0 N–H and O–H groups in total. The summed E-state index contributed by atoms with van der Waals surface area (Å²) in [6, 6.07) is 7.37. The van der Waals surface area contributed by atoms with Crippen LogP contribution in [0.25, 0.3) is 11.1 Å². The first kappa shape index (κ1) is 17.0. The number of rotatable bonds is 3. The number of hydrogen-bond acceptors (Lipinski definition) is 5. The Morgan fingerprint density at radius 3 is 2.88 bits per heavy atom. The Labute approximate surface area is 143 Å². The summed E-state index contributed by atoms with van der Waals surface area (Å²) in [4.78, 5) is 18.0. The Morgan fingerprint density at radius 1 is 1.42 bits per heavy atom. The van der Waals surface area contributed by atoms with Gasteiger partial charge in [0.1, 0.15) is 21.9 Å². The number of carbonyl (C=O) groups excluding carboxylic acids is 1. The first-order valence-electron chi connectivity index (χ1n) is 8.04. The molecule has 0 aliphatic carbocycles. The summed E-state index contributed by atoms with van der Waals surface area (Å²) < 4.78 is 23.4. The Balaban J connectivity index is 1.59. The molecular weight excluding hydrogens is 328 g/mol.